The first kappa shape index (κ1) is 13.4. The largest absolute Gasteiger partial charge is 0.438 e. The van der Waals surface area contributed by atoms with Gasteiger partial charge in [-0.15, -0.1) is 0 Å². The molecule has 83 valence electrons. The Bertz CT molecular complexity index is 246. The minimum atomic E-state index is -3.29. The molecule has 0 aromatic heterocycles. The summed E-state index contributed by atoms with van der Waals surface area (Å²) in [4.78, 5) is 10.00. The van der Waals surface area contributed by atoms with Gasteiger partial charge >= 0.3 is 6.47 Å². The molecule has 0 aromatic carbocycles. The first-order valence-corrected chi connectivity index (χ1v) is 6.54. The molecule has 0 aliphatic heterocycles. The number of rotatable bonds is 8. The summed E-state index contributed by atoms with van der Waals surface area (Å²) in [5, 5.41) is 0. The molecule has 0 bridgehead atoms. The Balaban J connectivity index is 4.37. The molecule has 1 unspecified atom stereocenters. The van der Waals surface area contributed by atoms with Crippen LogP contribution in [-0.2, 0) is 19.4 Å². The smallest absolute Gasteiger partial charge is 0.418 e. The van der Waals surface area contributed by atoms with Crippen LogP contribution in [0, 0.1) is 0 Å². The summed E-state index contributed by atoms with van der Waals surface area (Å²) in [5.41, 5.74) is -1.00. The van der Waals surface area contributed by atoms with E-state index < -0.39 is 15.3 Å². The maximum Gasteiger partial charge on any atom is 0.418 e. The lowest BCUT2D eigenvalue weighted by Crippen LogP contribution is -2.26. The van der Waals surface area contributed by atoms with Gasteiger partial charge in [0.2, 0.25) is 5.44 Å². The standard InChI is InChI=1S/C9H17O4S/c1-3-5-7-14(11,12)9(6-4-2)13-8-10/h9H,3-7H2,1-2H3. The molecule has 0 spiro atoms. The first-order valence-electron chi connectivity index (χ1n) is 4.82. The van der Waals surface area contributed by atoms with E-state index in [0.717, 1.165) is 6.42 Å². The van der Waals surface area contributed by atoms with Gasteiger partial charge in [0.25, 0.3) is 0 Å². The quantitative estimate of drug-likeness (QED) is 0.621. The molecule has 14 heavy (non-hydrogen) atoms. The summed E-state index contributed by atoms with van der Waals surface area (Å²) in [6.07, 6.45) is 2.42. The van der Waals surface area contributed by atoms with Gasteiger partial charge in [-0.05, 0) is 12.8 Å². The third kappa shape index (κ3) is 4.60. The summed E-state index contributed by atoms with van der Waals surface area (Å²) in [6.45, 7) is 4.96. The molecule has 0 saturated heterocycles. The van der Waals surface area contributed by atoms with Crippen LogP contribution in [0.3, 0.4) is 0 Å². The Morgan fingerprint density at radius 2 is 1.93 bits per heavy atom. The SMILES string of the molecule is CCCCS(=O)(=O)C(CCC)O[C]=O. The Labute approximate surface area is 85.6 Å². The molecule has 0 aromatic rings. The minimum absolute atomic E-state index is 0.0792. The van der Waals surface area contributed by atoms with E-state index in [1.165, 1.54) is 6.47 Å². The van der Waals surface area contributed by atoms with E-state index in [0.29, 0.717) is 19.3 Å². The van der Waals surface area contributed by atoms with E-state index in [1.54, 1.807) is 0 Å². The fourth-order valence-corrected chi connectivity index (χ4v) is 2.81. The van der Waals surface area contributed by atoms with Crippen LogP contribution >= 0.6 is 0 Å². The van der Waals surface area contributed by atoms with Crippen molar-refractivity contribution in [2.45, 2.75) is 45.0 Å². The molecule has 0 heterocycles. The summed E-state index contributed by atoms with van der Waals surface area (Å²) >= 11 is 0. The molecular formula is C9H17O4S. The van der Waals surface area contributed by atoms with Gasteiger partial charge in [-0.2, -0.15) is 0 Å². The number of hydrogen-bond acceptors (Lipinski definition) is 4. The van der Waals surface area contributed by atoms with E-state index >= 15 is 0 Å². The van der Waals surface area contributed by atoms with Crippen LogP contribution in [0.4, 0.5) is 0 Å². The molecule has 0 N–H and O–H groups in total. The van der Waals surface area contributed by atoms with Crippen molar-refractivity contribution in [2.24, 2.45) is 0 Å². The van der Waals surface area contributed by atoms with Crippen LogP contribution < -0.4 is 0 Å². The van der Waals surface area contributed by atoms with Gasteiger partial charge in [0, 0.05) is 0 Å². The zero-order valence-electron chi connectivity index (χ0n) is 8.65. The fourth-order valence-electron chi connectivity index (χ4n) is 1.08. The monoisotopic (exact) mass is 221 g/mol. The molecule has 1 atom stereocenters. The molecule has 0 saturated carbocycles. The van der Waals surface area contributed by atoms with E-state index in [9.17, 15) is 13.2 Å². The van der Waals surface area contributed by atoms with Crippen LogP contribution in [0.25, 0.3) is 0 Å². The van der Waals surface area contributed by atoms with E-state index in [4.69, 9.17) is 0 Å². The van der Waals surface area contributed by atoms with Crippen molar-refractivity contribution in [3.05, 3.63) is 0 Å². The van der Waals surface area contributed by atoms with Crippen molar-refractivity contribution in [3.8, 4) is 0 Å². The van der Waals surface area contributed by atoms with Gasteiger partial charge in [0.15, 0.2) is 9.84 Å². The molecule has 0 fully saturated rings. The van der Waals surface area contributed by atoms with Crippen molar-refractivity contribution in [1.29, 1.82) is 0 Å². The average molecular weight is 221 g/mol. The van der Waals surface area contributed by atoms with Crippen LogP contribution in [0.15, 0.2) is 0 Å². The first-order chi connectivity index (χ1) is 6.58. The lowest BCUT2D eigenvalue weighted by molar-refractivity contribution is 0.231. The maximum atomic E-state index is 11.6. The van der Waals surface area contributed by atoms with Crippen molar-refractivity contribution >= 4 is 16.3 Å². The minimum Gasteiger partial charge on any atom is -0.438 e. The highest BCUT2D eigenvalue weighted by atomic mass is 32.2. The number of ether oxygens (including phenoxy) is 1. The second kappa shape index (κ2) is 6.81. The van der Waals surface area contributed by atoms with Gasteiger partial charge < -0.3 is 4.74 Å². The number of hydrogen-bond donors (Lipinski definition) is 0. The second-order valence-corrected chi connectivity index (χ2v) is 5.40. The number of unbranched alkanes of at least 4 members (excludes halogenated alkanes) is 1. The van der Waals surface area contributed by atoms with Gasteiger partial charge in [-0.25, -0.2) is 13.2 Å². The lowest BCUT2D eigenvalue weighted by Gasteiger charge is -2.13. The number of carbonyl (C=O) groups excluding carboxylic acids is 1. The van der Waals surface area contributed by atoms with E-state index in [1.807, 2.05) is 13.8 Å². The highest BCUT2D eigenvalue weighted by Crippen LogP contribution is 2.12. The lowest BCUT2D eigenvalue weighted by atomic mass is 10.4. The van der Waals surface area contributed by atoms with Crippen LogP contribution in [0.5, 0.6) is 0 Å². The van der Waals surface area contributed by atoms with Crippen molar-refractivity contribution in [2.75, 3.05) is 5.75 Å². The van der Waals surface area contributed by atoms with E-state index in [2.05, 4.69) is 4.74 Å². The molecule has 0 aliphatic rings. The van der Waals surface area contributed by atoms with Crippen LogP contribution in [-0.4, -0.2) is 26.1 Å². The second-order valence-electron chi connectivity index (χ2n) is 3.14. The van der Waals surface area contributed by atoms with Crippen molar-refractivity contribution in [1.82, 2.24) is 0 Å². The molecule has 0 amide bonds. The van der Waals surface area contributed by atoms with Crippen LogP contribution in [0.1, 0.15) is 39.5 Å². The normalized spacial score (nSPS) is 13.6. The number of sulfone groups is 1. The zero-order valence-corrected chi connectivity index (χ0v) is 9.47. The maximum absolute atomic E-state index is 11.6. The van der Waals surface area contributed by atoms with Gasteiger partial charge in [0.1, 0.15) is 0 Å². The predicted octanol–water partition coefficient (Wildman–Crippen LogP) is 1.41. The molecule has 4 nitrogen and oxygen atoms in total. The summed E-state index contributed by atoms with van der Waals surface area (Å²) in [6, 6.07) is 0. The van der Waals surface area contributed by atoms with Crippen LogP contribution in [0.2, 0.25) is 0 Å². The average Bonchev–Trinajstić information content (AvgIpc) is 2.14. The summed E-state index contributed by atoms with van der Waals surface area (Å²) < 4.78 is 27.6. The van der Waals surface area contributed by atoms with Gasteiger partial charge in [-0.1, -0.05) is 26.7 Å². The molecule has 0 rings (SSSR count). The fraction of sp³-hybridized carbons (Fsp3) is 0.889. The third-order valence-electron chi connectivity index (χ3n) is 1.89. The molecular weight excluding hydrogens is 204 g/mol. The Kier molecular flexibility index (Phi) is 6.53. The third-order valence-corrected chi connectivity index (χ3v) is 3.88. The Hall–Kier alpha value is -0.580. The Morgan fingerprint density at radius 1 is 1.29 bits per heavy atom. The van der Waals surface area contributed by atoms with E-state index in [-0.39, 0.29) is 5.75 Å². The van der Waals surface area contributed by atoms with Crippen molar-refractivity contribution in [3.63, 3.8) is 0 Å². The molecule has 5 heteroatoms. The summed E-state index contributed by atoms with van der Waals surface area (Å²) in [5.74, 6) is 0.0792. The zero-order chi connectivity index (χ0) is 11.0. The topological polar surface area (TPSA) is 60.4 Å². The Morgan fingerprint density at radius 3 is 2.36 bits per heavy atom. The highest BCUT2D eigenvalue weighted by molar-refractivity contribution is 7.91. The predicted molar refractivity (Wildman–Crippen MR) is 54.2 cm³/mol. The van der Waals surface area contributed by atoms with Crippen molar-refractivity contribution < 1.29 is 17.9 Å². The summed E-state index contributed by atoms with van der Waals surface area (Å²) in [7, 11) is -3.29. The molecule has 1 radical (unpaired) electrons. The van der Waals surface area contributed by atoms with Gasteiger partial charge in [0.05, 0.1) is 5.75 Å². The molecule has 0 aliphatic carbocycles. The van der Waals surface area contributed by atoms with Gasteiger partial charge in [-0.3, -0.25) is 0 Å². The highest BCUT2D eigenvalue weighted by Gasteiger charge is 2.25.